The number of carbonyl (C=O) groups excluding carboxylic acids is 1. The third-order valence-electron chi connectivity index (χ3n) is 3.98. The van der Waals surface area contributed by atoms with E-state index in [9.17, 15) is 4.79 Å². The lowest BCUT2D eigenvalue weighted by Crippen LogP contribution is -2.37. The molecule has 0 saturated heterocycles. The normalized spacial score (nSPS) is 21.6. The van der Waals surface area contributed by atoms with Crippen molar-refractivity contribution in [2.45, 2.75) is 19.3 Å². The molecule has 1 aliphatic heterocycles. The lowest BCUT2D eigenvalue weighted by molar-refractivity contribution is -0.121. The third kappa shape index (κ3) is 1.51. The van der Waals surface area contributed by atoms with Crippen LogP contribution in [0.2, 0.25) is 0 Å². The van der Waals surface area contributed by atoms with Gasteiger partial charge < -0.3 is 4.90 Å². The van der Waals surface area contributed by atoms with Crippen molar-refractivity contribution in [1.82, 2.24) is 4.98 Å². The molecule has 3 rings (SSSR count). The van der Waals surface area contributed by atoms with Crippen molar-refractivity contribution in [3.63, 3.8) is 0 Å². The Labute approximate surface area is 112 Å². The van der Waals surface area contributed by atoms with Gasteiger partial charge in [0.1, 0.15) is 5.41 Å². The first-order valence-electron chi connectivity index (χ1n) is 6.36. The lowest BCUT2D eigenvalue weighted by atomic mass is 9.80. The summed E-state index contributed by atoms with van der Waals surface area (Å²) in [7, 11) is 1.81. The molecule has 0 bridgehead atoms. The molecule has 1 atom stereocenters. The molecule has 0 N–H and O–H groups in total. The minimum Gasteiger partial charge on any atom is -0.313 e. The van der Waals surface area contributed by atoms with Gasteiger partial charge in [-0.05, 0) is 31.5 Å². The van der Waals surface area contributed by atoms with E-state index in [-0.39, 0.29) is 5.91 Å². The van der Waals surface area contributed by atoms with Crippen molar-refractivity contribution in [1.29, 1.82) is 0 Å². The van der Waals surface area contributed by atoms with Gasteiger partial charge in [0, 0.05) is 13.2 Å². The van der Waals surface area contributed by atoms with Crippen LogP contribution < -0.4 is 4.90 Å². The number of hydrogen-bond acceptors (Lipinski definition) is 2. The van der Waals surface area contributed by atoms with Gasteiger partial charge in [-0.15, -0.1) is 0 Å². The highest BCUT2D eigenvalue weighted by atomic mass is 16.2. The quantitative estimate of drug-likeness (QED) is 0.781. The first-order chi connectivity index (χ1) is 9.05. The molecule has 2 aromatic rings. The van der Waals surface area contributed by atoms with Crippen molar-refractivity contribution in [3.05, 3.63) is 59.4 Å². The molecule has 1 unspecified atom stereocenters. The van der Waals surface area contributed by atoms with Gasteiger partial charge in [0.05, 0.1) is 11.4 Å². The number of likely N-dealkylation sites (N-methyl/N-ethyl adjacent to an activating group) is 1. The van der Waals surface area contributed by atoms with Crippen LogP contribution in [-0.4, -0.2) is 17.9 Å². The van der Waals surface area contributed by atoms with Gasteiger partial charge in [-0.1, -0.05) is 29.8 Å². The Hall–Kier alpha value is -2.16. The van der Waals surface area contributed by atoms with Crippen LogP contribution >= 0.6 is 0 Å². The average Bonchev–Trinajstić information content (AvgIpc) is 2.63. The fourth-order valence-corrected chi connectivity index (χ4v) is 2.75. The van der Waals surface area contributed by atoms with E-state index in [4.69, 9.17) is 0 Å². The number of aryl methyl sites for hydroxylation is 1. The number of aromatic nitrogens is 1. The molecule has 0 spiro atoms. The molecule has 3 heteroatoms. The van der Waals surface area contributed by atoms with Crippen LogP contribution in [0.4, 0.5) is 5.69 Å². The number of hydrogen-bond donors (Lipinski definition) is 0. The van der Waals surface area contributed by atoms with Crippen molar-refractivity contribution < 1.29 is 4.79 Å². The molecule has 19 heavy (non-hydrogen) atoms. The number of benzene rings is 1. The van der Waals surface area contributed by atoms with Crippen molar-refractivity contribution in [2.24, 2.45) is 0 Å². The minimum absolute atomic E-state index is 0.0741. The Morgan fingerprint density at radius 1 is 1.16 bits per heavy atom. The topological polar surface area (TPSA) is 33.2 Å². The van der Waals surface area contributed by atoms with Crippen LogP contribution in [0.25, 0.3) is 0 Å². The van der Waals surface area contributed by atoms with Crippen LogP contribution in [0.5, 0.6) is 0 Å². The summed E-state index contributed by atoms with van der Waals surface area (Å²) in [6.07, 6.45) is 1.75. The van der Waals surface area contributed by atoms with Gasteiger partial charge in [0.25, 0.3) is 0 Å². The monoisotopic (exact) mass is 252 g/mol. The fourth-order valence-electron chi connectivity index (χ4n) is 2.75. The van der Waals surface area contributed by atoms with E-state index in [1.54, 1.807) is 11.1 Å². The van der Waals surface area contributed by atoms with E-state index < -0.39 is 5.41 Å². The molecule has 0 aliphatic carbocycles. The zero-order valence-electron chi connectivity index (χ0n) is 11.3. The number of anilines is 1. The highest BCUT2D eigenvalue weighted by Crippen LogP contribution is 2.43. The second-order valence-electron chi connectivity index (χ2n) is 5.23. The largest absolute Gasteiger partial charge is 0.313 e. The van der Waals surface area contributed by atoms with E-state index in [0.29, 0.717) is 0 Å². The molecule has 3 nitrogen and oxygen atoms in total. The second kappa shape index (κ2) is 3.92. The Morgan fingerprint density at radius 3 is 2.53 bits per heavy atom. The van der Waals surface area contributed by atoms with Crippen LogP contribution in [-0.2, 0) is 10.2 Å². The van der Waals surface area contributed by atoms with Gasteiger partial charge in [-0.2, -0.15) is 0 Å². The number of carbonyl (C=O) groups is 1. The summed E-state index contributed by atoms with van der Waals surface area (Å²) in [4.78, 5) is 18.8. The van der Waals surface area contributed by atoms with Crippen LogP contribution in [0.1, 0.15) is 23.7 Å². The summed E-state index contributed by atoms with van der Waals surface area (Å²) in [5.74, 6) is 0.0741. The molecular formula is C16H16N2O. The highest BCUT2D eigenvalue weighted by molar-refractivity contribution is 6.09. The first-order valence-corrected chi connectivity index (χ1v) is 6.36. The molecule has 1 aromatic heterocycles. The molecule has 1 aliphatic rings. The standard InChI is InChI=1S/C16H16N2O/c1-11-6-8-12(9-7-11)16(2)14-13(5-4-10-17-14)18(3)15(16)19/h4-10H,1-3H3. The minimum atomic E-state index is -0.682. The van der Waals surface area contributed by atoms with Crippen LogP contribution in [0.15, 0.2) is 42.6 Å². The number of rotatable bonds is 1. The van der Waals surface area contributed by atoms with Gasteiger partial charge in [-0.25, -0.2) is 0 Å². The zero-order chi connectivity index (χ0) is 13.6. The van der Waals surface area contributed by atoms with E-state index in [1.165, 1.54) is 5.56 Å². The summed E-state index contributed by atoms with van der Waals surface area (Å²) in [5, 5.41) is 0. The SMILES string of the molecule is Cc1ccc(C2(C)C(=O)N(C)c3cccnc32)cc1. The average molecular weight is 252 g/mol. The lowest BCUT2D eigenvalue weighted by Gasteiger charge is -2.23. The van der Waals surface area contributed by atoms with Gasteiger partial charge in [0.2, 0.25) is 5.91 Å². The van der Waals surface area contributed by atoms with Gasteiger partial charge in [0.15, 0.2) is 0 Å². The Kier molecular flexibility index (Phi) is 2.45. The predicted molar refractivity (Wildman–Crippen MR) is 75.3 cm³/mol. The second-order valence-corrected chi connectivity index (χ2v) is 5.23. The Balaban J connectivity index is 2.24. The maximum absolute atomic E-state index is 12.7. The molecule has 0 radical (unpaired) electrons. The molecule has 1 amide bonds. The van der Waals surface area contributed by atoms with E-state index >= 15 is 0 Å². The summed E-state index contributed by atoms with van der Waals surface area (Å²) in [5.41, 5.74) is 3.24. The Bertz CT molecular complexity index is 648. The third-order valence-corrected chi connectivity index (χ3v) is 3.98. The number of amides is 1. The summed E-state index contributed by atoms with van der Waals surface area (Å²) in [6.45, 7) is 4.00. The first kappa shape index (κ1) is 11.9. The molecule has 96 valence electrons. The van der Waals surface area contributed by atoms with Crippen molar-refractivity contribution >= 4 is 11.6 Å². The van der Waals surface area contributed by atoms with Gasteiger partial charge >= 0.3 is 0 Å². The van der Waals surface area contributed by atoms with Gasteiger partial charge in [-0.3, -0.25) is 9.78 Å². The Morgan fingerprint density at radius 2 is 1.84 bits per heavy atom. The maximum atomic E-state index is 12.7. The highest BCUT2D eigenvalue weighted by Gasteiger charge is 2.48. The fraction of sp³-hybridized carbons (Fsp3) is 0.250. The summed E-state index contributed by atoms with van der Waals surface area (Å²) in [6, 6.07) is 11.9. The summed E-state index contributed by atoms with van der Waals surface area (Å²) >= 11 is 0. The van der Waals surface area contributed by atoms with E-state index in [1.807, 2.05) is 57.3 Å². The molecule has 2 heterocycles. The number of fused-ring (bicyclic) bond motifs is 1. The predicted octanol–water partition coefficient (Wildman–Crippen LogP) is 2.67. The van der Waals surface area contributed by atoms with E-state index in [0.717, 1.165) is 16.9 Å². The molecular weight excluding hydrogens is 236 g/mol. The maximum Gasteiger partial charge on any atom is 0.243 e. The van der Waals surface area contributed by atoms with Crippen molar-refractivity contribution in [3.8, 4) is 0 Å². The van der Waals surface area contributed by atoms with Crippen LogP contribution in [0, 0.1) is 6.92 Å². The molecule has 0 saturated carbocycles. The molecule has 0 fully saturated rings. The zero-order valence-corrected chi connectivity index (χ0v) is 11.3. The van der Waals surface area contributed by atoms with Crippen molar-refractivity contribution in [2.75, 3.05) is 11.9 Å². The van der Waals surface area contributed by atoms with E-state index in [2.05, 4.69) is 4.98 Å². The smallest absolute Gasteiger partial charge is 0.243 e. The summed E-state index contributed by atoms with van der Waals surface area (Å²) < 4.78 is 0. The molecule has 1 aromatic carbocycles. The number of nitrogens with zero attached hydrogens (tertiary/aromatic N) is 2. The number of pyridine rings is 1. The van der Waals surface area contributed by atoms with Crippen LogP contribution in [0.3, 0.4) is 0 Å².